The number of nitrogens with one attached hydrogen (secondary N) is 2. The summed E-state index contributed by atoms with van der Waals surface area (Å²) < 4.78 is 6.17. The topological polar surface area (TPSA) is 151 Å². The number of allylic oxidation sites excluding steroid dienone is 1. The highest BCUT2D eigenvalue weighted by Crippen LogP contribution is 2.43. The lowest BCUT2D eigenvalue weighted by molar-refractivity contribution is -0.115. The molecule has 0 bridgehead atoms. The molecule has 27 heavy (non-hydrogen) atoms. The summed E-state index contributed by atoms with van der Waals surface area (Å²) in [7, 11) is 1.48. The Balaban J connectivity index is 1.91. The third-order valence-corrected chi connectivity index (χ3v) is 5.38. The molecule has 0 aromatic heterocycles. The number of aliphatic hydroxyl groups excluding tert-OH is 2. The molecular weight excluding hydrogens is 490 g/mol. The van der Waals surface area contributed by atoms with Gasteiger partial charge >= 0.3 is 0 Å². The molecule has 3 unspecified atom stereocenters. The van der Waals surface area contributed by atoms with E-state index in [4.69, 9.17) is 15.4 Å². The second-order valence-corrected chi connectivity index (χ2v) is 7.60. The van der Waals surface area contributed by atoms with Gasteiger partial charge in [-0.15, -0.1) is 0 Å². The van der Waals surface area contributed by atoms with Crippen LogP contribution in [-0.4, -0.2) is 66.2 Å². The van der Waals surface area contributed by atoms with Gasteiger partial charge in [0, 0.05) is 19.5 Å². The van der Waals surface area contributed by atoms with Crippen LogP contribution in [0.25, 0.3) is 0 Å². The molecule has 0 fully saturated rings. The third-order valence-electron chi connectivity index (χ3n) is 4.00. The van der Waals surface area contributed by atoms with Crippen molar-refractivity contribution in [3.8, 4) is 0 Å². The summed E-state index contributed by atoms with van der Waals surface area (Å²) in [5, 5.41) is 26.8. The number of carbonyl (C=O) groups is 1. The summed E-state index contributed by atoms with van der Waals surface area (Å²) >= 11 is 6.65. The van der Waals surface area contributed by atoms with Gasteiger partial charge in [0.15, 0.2) is 5.60 Å². The summed E-state index contributed by atoms with van der Waals surface area (Å²) in [5.41, 5.74) is 1.16. The standard InChI is InChI=1S/C15H21Br2N5O5/c1-26-12-9(16)4-15(13(24)11(12)17)5-10(22-27-15)14(25)20-6-8(23)2-3-19-7-21-18/h4,7-8,13,23-24H,2-3,5-6,18H2,1H3,(H,19,21)(H,20,25). The predicted octanol–water partition coefficient (Wildman–Crippen LogP) is -0.233. The first-order chi connectivity index (χ1) is 12.8. The van der Waals surface area contributed by atoms with Crippen LogP contribution in [0, 0.1) is 0 Å². The molecule has 150 valence electrons. The fourth-order valence-electron chi connectivity index (χ4n) is 2.57. The highest BCUT2D eigenvalue weighted by Gasteiger charge is 2.50. The normalized spacial score (nSPS) is 25.9. The number of oxime groups is 1. The number of aliphatic hydroxyl groups is 2. The Morgan fingerprint density at radius 1 is 1.67 bits per heavy atom. The number of ether oxygens (including phenoxy) is 1. The van der Waals surface area contributed by atoms with Gasteiger partial charge in [-0.3, -0.25) is 9.79 Å². The first-order valence-electron chi connectivity index (χ1n) is 8.00. The van der Waals surface area contributed by atoms with Gasteiger partial charge in [0.25, 0.3) is 5.91 Å². The number of aliphatic imine (C=N–C) groups is 1. The average molecular weight is 511 g/mol. The van der Waals surface area contributed by atoms with Gasteiger partial charge in [-0.1, -0.05) is 5.16 Å². The Kier molecular flexibility index (Phi) is 7.79. The van der Waals surface area contributed by atoms with Crippen LogP contribution < -0.4 is 16.6 Å². The fourth-order valence-corrected chi connectivity index (χ4v) is 4.37. The number of hydrogen-bond acceptors (Lipinski definition) is 8. The van der Waals surface area contributed by atoms with Crippen LogP contribution in [0.4, 0.5) is 0 Å². The minimum atomic E-state index is -1.21. The highest BCUT2D eigenvalue weighted by atomic mass is 79.9. The Labute approximate surface area is 172 Å². The Morgan fingerprint density at radius 3 is 3.07 bits per heavy atom. The molecule has 3 atom stereocenters. The van der Waals surface area contributed by atoms with Gasteiger partial charge in [0.2, 0.25) is 0 Å². The van der Waals surface area contributed by atoms with E-state index >= 15 is 0 Å². The molecule has 1 heterocycles. The fraction of sp³-hybridized carbons (Fsp3) is 0.533. The quantitative estimate of drug-likeness (QED) is 0.131. The molecule has 0 saturated heterocycles. The summed E-state index contributed by atoms with van der Waals surface area (Å²) in [5.74, 6) is 4.99. The van der Waals surface area contributed by atoms with E-state index in [9.17, 15) is 15.0 Å². The zero-order valence-electron chi connectivity index (χ0n) is 14.5. The molecular formula is C15H21Br2N5O5. The molecule has 0 aromatic carbocycles. The van der Waals surface area contributed by atoms with Crippen molar-refractivity contribution in [1.82, 2.24) is 10.7 Å². The lowest BCUT2D eigenvalue weighted by Crippen LogP contribution is -2.45. The number of halogens is 2. The number of nitrogens with zero attached hydrogens (tertiary/aromatic N) is 2. The SMILES string of the molecule is COC1=C(Br)C(O)C2(C=C1Br)CC(C(=O)NCC(O)CCN=CNN)=NO2. The van der Waals surface area contributed by atoms with E-state index in [1.165, 1.54) is 13.4 Å². The van der Waals surface area contributed by atoms with Crippen LogP contribution >= 0.6 is 31.9 Å². The number of amides is 1. The monoisotopic (exact) mass is 509 g/mol. The molecule has 1 amide bonds. The van der Waals surface area contributed by atoms with Crippen LogP contribution in [0.5, 0.6) is 0 Å². The largest absolute Gasteiger partial charge is 0.495 e. The molecule has 2 rings (SSSR count). The zero-order valence-corrected chi connectivity index (χ0v) is 17.7. The number of methoxy groups -OCH3 is 1. The van der Waals surface area contributed by atoms with Crippen LogP contribution in [0.1, 0.15) is 12.8 Å². The highest BCUT2D eigenvalue weighted by molar-refractivity contribution is 9.12. The number of nitrogens with two attached hydrogens (primary N) is 1. The Hall–Kier alpha value is -1.47. The third kappa shape index (κ3) is 5.08. The lowest BCUT2D eigenvalue weighted by Gasteiger charge is -2.33. The molecule has 12 heteroatoms. The van der Waals surface area contributed by atoms with Gasteiger partial charge in [0.05, 0.1) is 28.5 Å². The lowest BCUT2D eigenvalue weighted by atomic mass is 9.87. The first kappa shape index (κ1) is 21.8. The summed E-state index contributed by atoms with van der Waals surface area (Å²) in [6, 6.07) is 0. The summed E-state index contributed by atoms with van der Waals surface area (Å²) in [6.45, 7) is 0.400. The summed E-state index contributed by atoms with van der Waals surface area (Å²) in [6.07, 6.45) is 1.49. The van der Waals surface area contributed by atoms with Crippen LogP contribution in [0.2, 0.25) is 0 Å². The van der Waals surface area contributed by atoms with E-state index in [1.54, 1.807) is 6.08 Å². The van der Waals surface area contributed by atoms with E-state index < -0.39 is 23.7 Å². The van der Waals surface area contributed by atoms with E-state index in [-0.39, 0.29) is 18.7 Å². The maximum atomic E-state index is 12.3. The smallest absolute Gasteiger partial charge is 0.269 e. The van der Waals surface area contributed by atoms with E-state index in [0.29, 0.717) is 27.7 Å². The number of carbonyl (C=O) groups excluding carboxylic acids is 1. The minimum Gasteiger partial charge on any atom is -0.495 e. The minimum absolute atomic E-state index is 0.0376. The predicted molar refractivity (Wildman–Crippen MR) is 106 cm³/mol. The average Bonchev–Trinajstić information content (AvgIpc) is 3.07. The molecule has 6 N–H and O–H groups in total. The maximum absolute atomic E-state index is 12.3. The second kappa shape index (κ2) is 9.64. The Morgan fingerprint density at radius 2 is 2.41 bits per heavy atom. The zero-order chi connectivity index (χ0) is 20.0. The number of hydrazine groups is 1. The molecule has 1 aliphatic carbocycles. The van der Waals surface area contributed by atoms with Gasteiger partial charge in [-0.05, 0) is 44.4 Å². The van der Waals surface area contributed by atoms with Crippen molar-refractivity contribution in [2.24, 2.45) is 16.0 Å². The van der Waals surface area contributed by atoms with Crippen molar-refractivity contribution in [2.45, 2.75) is 30.7 Å². The van der Waals surface area contributed by atoms with Crippen molar-refractivity contribution < 1.29 is 24.6 Å². The van der Waals surface area contributed by atoms with Crippen molar-refractivity contribution >= 4 is 49.8 Å². The number of rotatable bonds is 8. The van der Waals surface area contributed by atoms with Gasteiger partial charge in [0.1, 0.15) is 17.6 Å². The molecule has 0 radical (unpaired) electrons. The maximum Gasteiger partial charge on any atom is 0.269 e. The molecule has 10 nitrogen and oxygen atoms in total. The van der Waals surface area contributed by atoms with E-state index in [0.717, 1.165) is 0 Å². The van der Waals surface area contributed by atoms with E-state index in [1.807, 2.05) is 0 Å². The molecule has 1 aliphatic heterocycles. The molecule has 1 spiro atoms. The van der Waals surface area contributed by atoms with E-state index in [2.05, 4.69) is 52.8 Å². The van der Waals surface area contributed by atoms with Crippen molar-refractivity contribution in [3.05, 3.63) is 20.8 Å². The second-order valence-electron chi connectivity index (χ2n) is 5.89. The first-order valence-corrected chi connectivity index (χ1v) is 9.59. The molecule has 0 aromatic rings. The van der Waals surface area contributed by atoms with Gasteiger partial charge in [-0.25, -0.2) is 5.84 Å². The van der Waals surface area contributed by atoms with Crippen molar-refractivity contribution in [1.29, 1.82) is 0 Å². The summed E-state index contributed by atoms with van der Waals surface area (Å²) in [4.78, 5) is 21.6. The van der Waals surface area contributed by atoms with Crippen molar-refractivity contribution in [3.63, 3.8) is 0 Å². The Bertz CT molecular complexity index is 696. The molecule has 0 saturated carbocycles. The van der Waals surface area contributed by atoms with Gasteiger partial charge < -0.3 is 30.5 Å². The van der Waals surface area contributed by atoms with Crippen LogP contribution in [0.3, 0.4) is 0 Å². The van der Waals surface area contributed by atoms with Crippen molar-refractivity contribution in [2.75, 3.05) is 20.2 Å². The van der Waals surface area contributed by atoms with Gasteiger partial charge in [-0.2, -0.15) is 0 Å². The number of hydrogen-bond donors (Lipinski definition) is 5. The molecule has 2 aliphatic rings. The van der Waals surface area contributed by atoms with Crippen LogP contribution in [0.15, 0.2) is 30.9 Å². The van der Waals surface area contributed by atoms with Crippen LogP contribution in [-0.2, 0) is 14.4 Å².